The predicted molar refractivity (Wildman–Crippen MR) is 178 cm³/mol. The molecule has 0 unspecified atom stereocenters. The van der Waals surface area contributed by atoms with Crippen LogP contribution >= 0.6 is 0 Å². The minimum Gasteiger partial charge on any atom is -0.507 e. The van der Waals surface area contributed by atoms with Crippen LogP contribution in [0.2, 0.25) is 0 Å². The number of allylic oxidation sites excluding steroid dienone is 9. The average molecular weight is 619 g/mol. The highest BCUT2D eigenvalue weighted by atomic mass is 16.3. The Hall–Kier alpha value is -3.87. The summed E-state index contributed by atoms with van der Waals surface area (Å²) in [5, 5.41) is 42.5. The lowest BCUT2D eigenvalue weighted by Crippen LogP contribution is -2.70. The number of phenols is 3. The normalized spacial score (nSPS) is 27.0. The highest BCUT2D eigenvalue weighted by Crippen LogP contribution is 2.67. The van der Waals surface area contributed by atoms with Gasteiger partial charge in [0.2, 0.25) is 0 Å². The summed E-state index contributed by atoms with van der Waals surface area (Å²) in [5.41, 5.74) is -1.14. The van der Waals surface area contributed by atoms with E-state index in [1.165, 1.54) is 0 Å². The fourth-order valence-corrected chi connectivity index (χ4v) is 7.20. The molecule has 4 N–H and O–H groups in total. The largest absolute Gasteiger partial charge is 0.507 e. The van der Waals surface area contributed by atoms with E-state index in [4.69, 9.17) is 0 Å². The lowest BCUT2D eigenvalue weighted by Gasteiger charge is -2.61. The van der Waals surface area contributed by atoms with E-state index in [2.05, 4.69) is 12.2 Å². The first-order valence-electron chi connectivity index (χ1n) is 15.7. The van der Waals surface area contributed by atoms with Crippen LogP contribution in [0.3, 0.4) is 0 Å². The Morgan fingerprint density at radius 3 is 1.84 bits per heavy atom. The van der Waals surface area contributed by atoms with Crippen LogP contribution in [0, 0.1) is 22.2 Å². The second kappa shape index (κ2) is 13.2. The van der Waals surface area contributed by atoms with E-state index in [1.54, 1.807) is 0 Å². The number of hydrogen-bond acceptors (Lipinski definition) is 7. The Labute approximate surface area is 267 Å². The lowest BCUT2D eigenvalue weighted by molar-refractivity contribution is -0.178. The van der Waals surface area contributed by atoms with Crippen molar-refractivity contribution in [1.82, 2.24) is 0 Å². The molecule has 2 bridgehead atoms. The first-order valence-corrected chi connectivity index (χ1v) is 15.7. The quantitative estimate of drug-likeness (QED) is 0.0392. The van der Waals surface area contributed by atoms with Gasteiger partial charge in [-0.3, -0.25) is 14.4 Å². The number of Topliss-reactive ketones (excluding diaryl/α,β-unsaturated/α-hetero) is 3. The van der Waals surface area contributed by atoms with Crippen LogP contribution in [0.25, 0.3) is 5.76 Å². The van der Waals surface area contributed by atoms with Crippen LogP contribution in [-0.2, 0) is 14.4 Å². The molecule has 2 saturated carbocycles. The zero-order chi connectivity index (χ0) is 34.1. The first kappa shape index (κ1) is 35.6. The molecule has 45 heavy (non-hydrogen) atoms. The van der Waals surface area contributed by atoms with Gasteiger partial charge in [-0.2, -0.15) is 0 Å². The fraction of sp³-hybridized carbons (Fsp3) is 0.500. The number of phenolic OH excluding ortho intramolecular Hbond substituents is 3. The Morgan fingerprint density at radius 1 is 0.756 bits per heavy atom. The van der Waals surface area contributed by atoms with Crippen molar-refractivity contribution in [2.24, 2.45) is 22.2 Å². The van der Waals surface area contributed by atoms with Crippen LogP contribution in [0.15, 0.2) is 64.3 Å². The summed E-state index contributed by atoms with van der Waals surface area (Å²) in [6.07, 6.45) is 9.93. The highest BCUT2D eigenvalue weighted by molar-refractivity contribution is 6.41. The predicted octanol–water partition coefficient (Wildman–Crippen LogP) is 8.61. The number of rotatable bonds is 10. The molecule has 0 aliphatic heterocycles. The monoisotopic (exact) mass is 618 g/mol. The highest BCUT2D eigenvalue weighted by Gasteiger charge is 2.74. The number of hydrogen-bond donors (Lipinski definition) is 4. The first-order chi connectivity index (χ1) is 20.9. The minimum absolute atomic E-state index is 0.0527. The van der Waals surface area contributed by atoms with Gasteiger partial charge in [0.05, 0.1) is 11.0 Å². The maximum absolute atomic E-state index is 15.2. The number of aliphatic hydroxyl groups is 1. The number of ketones is 3. The second-order valence-corrected chi connectivity index (χ2v) is 14.2. The Bertz CT molecular complexity index is 1540. The molecule has 244 valence electrons. The summed E-state index contributed by atoms with van der Waals surface area (Å²) in [6.45, 7) is 17.6. The molecule has 2 aliphatic carbocycles. The summed E-state index contributed by atoms with van der Waals surface area (Å²) in [4.78, 5) is 45.0. The van der Waals surface area contributed by atoms with E-state index in [-0.39, 0.29) is 30.7 Å². The molecular weight excluding hydrogens is 568 g/mol. The topological polar surface area (TPSA) is 132 Å². The average Bonchev–Trinajstić information content (AvgIpc) is 2.93. The van der Waals surface area contributed by atoms with Gasteiger partial charge >= 0.3 is 0 Å². The van der Waals surface area contributed by atoms with Gasteiger partial charge in [-0.15, -0.1) is 0 Å². The van der Waals surface area contributed by atoms with E-state index in [0.29, 0.717) is 19.3 Å². The Morgan fingerprint density at radius 2 is 1.29 bits per heavy atom. The molecule has 1 aromatic carbocycles. The van der Waals surface area contributed by atoms with Crippen molar-refractivity contribution in [1.29, 1.82) is 0 Å². The van der Waals surface area contributed by atoms with Crippen molar-refractivity contribution in [3.63, 3.8) is 0 Å². The van der Waals surface area contributed by atoms with Gasteiger partial charge in [-0.25, -0.2) is 0 Å². The summed E-state index contributed by atoms with van der Waals surface area (Å²) in [7, 11) is 0. The summed E-state index contributed by atoms with van der Waals surface area (Å²) < 4.78 is 0. The summed E-state index contributed by atoms with van der Waals surface area (Å²) in [6, 6.07) is 1.75. The maximum atomic E-state index is 15.2. The number of aliphatic hydroxyl groups excluding tert-OH is 1. The Balaban J connectivity index is 2.54. The van der Waals surface area contributed by atoms with Gasteiger partial charge in [0.1, 0.15) is 22.5 Å². The van der Waals surface area contributed by atoms with Gasteiger partial charge in [-0.05, 0) is 111 Å². The van der Waals surface area contributed by atoms with Gasteiger partial charge in [0.15, 0.2) is 28.8 Å². The molecule has 3 rings (SSSR count). The number of carbonyl (C=O) groups excluding carboxylic acids is 3. The number of benzene rings is 1. The summed E-state index contributed by atoms with van der Waals surface area (Å²) >= 11 is 0. The number of aromatic hydroxyl groups is 3. The van der Waals surface area contributed by atoms with Gasteiger partial charge in [0.25, 0.3) is 0 Å². The van der Waals surface area contributed by atoms with E-state index in [1.807, 2.05) is 74.5 Å². The third kappa shape index (κ3) is 6.31. The van der Waals surface area contributed by atoms with Crippen LogP contribution in [0.4, 0.5) is 0 Å². The number of fused-ring (bicyclic) bond motifs is 2. The zero-order valence-corrected chi connectivity index (χ0v) is 28.3. The van der Waals surface area contributed by atoms with Gasteiger partial charge in [0, 0.05) is 6.07 Å². The standard InChI is InChI=1S/C38H50O7/c1-22(2)11-10-16-36(9)26(13-12-23(3)4)21-37(17-14-24(5)6)33(43)31(32(42)27-19-29(40)30(41)20-28(27)39)34(44)38(36,35(37)45)18-15-25(7)8/h11-12,14-15,19-20,26,39-42H,10,13,16-18,21H2,1-9H3/b32-31+/t26-,36+,37+,38-/m1/s1. The van der Waals surface area contributed by atoms with E-state index >= 15 is 9.59 Å². The zero-order valence-electron chi connectivity index (χ0n) is 28.3. The molecule has 7 nitrogen and oxygen atoms in total. The molecular formula is C38H50O7. The van der Waals surface area contributed by atoms with Crippen molar-refractivity contribution < 1.29 is 34.8 Å². The molecule has 0 radical (unpaired) electrons. The molecule has 4 atom stereocenters. The van der Waals surface area contributed by atoms with Crippen molar-refractivity contribution in [2.45, 2.75) is 101 Å². The van der Waals surface area contributed by atoms with Crippen LogP contribution < -0.4 is 0 Å². The van der Waals surface area contributed by atoms with Crippen molar-refractivity contribution in [2.75, 3.05) is 0 Å². The molecule has 1 aromatic rings. The van der Waals surface area contributed by atoms with E-state index in [9.17, 15) is 25.2 Å². The molecule has 0 saturated heterocycles. The molecule has 0 aromatic heterocycles. The fourth-order valence-electron chi connectivity index (χ4n) is 7.20. The van der Waals surface area contributed by atoms with Crippen LogP contribution in [-0.4, -0.2) is 37.8 Å². The molecule has 0 spiro atoms. The molecule has 2 aliphatic rings. The number of carbonyl (C=O) groups is 3. The van der Waals surface area contributed by atoms with Crippen LogP contribution in [0.5, 0.6) is 17.2 Å². The molecule has 0 heterocycles. The minimum atomic E-state index is -1.69. The van der Waals surface area contributed by atoms with E-state index in [0.717, 1.165) is 34.4 Å². The van der Waals surface area contributed by atoms with E-state index < -0.39 is 62.2 Å². The molecule has 2 fully saturated rings. The summed E-state index contributed by atoms with van der Waals surface area (Å²) in [5.74, 6) is -4.89. The Kier molecular flexibility index (Phi) is 10.5. The van der Waals surface area contributed by atoms with Crippen LogP contribution in [0.1, 0.15) is 106 Å². The van der Waals surface area contributed by atoms with Crippen molar-refractivity contribution in [3.05, 3.63) is 69.9 Å². The third-order valence-corrected chi connectivity index (χ3v) is 9.86. The molecule has 7 heteroatoms. The van der Waals surface area contributed by atoms with Gasteiger partial charge in [-0.1, -0.05) is 53.5 Å². The lowest BCUT2D eigenvalue weighted by atomic mass is 9.37. The molecule has 0 amide bonds. The SMILES string of the molecule is CC(C)=CCC[C@@]1(C)[C@H](CC=C(C)C)C[C@@]2(CC=C(C)C)C(=O)/C(=C(\O)c3cc(O)c(O)cc3O)C(=O)[C@]1(CC=C(C)C)C2=O. The van der Waals surface area contributed by atoms with Gasteiger partial charge < -0.3 is 20.4 Å². The smallest absolute Gasteiger partial charge is 0.184 e. The van der Waals surface area contributed by atoms with Crippen molar-refractivity contribution >= 4 is 23.1 Å². The third-order valence-electron chi connectivity index (χ3n) is 9.86. The second-order valence-electron chi connectivity index (χ2n) is 14.2. The maximum Gasteiger partial charge on any atom is 0.184 e. The van der Waals surface area contributed by atoms with Crippen molar-refractivity contribution in [3.8, 4) is 17.2 Å².